The Morgan fingerprint density at radius 3 is 2.77 bits per heavy atom. The molecule has 5 nitrogen and oxygen atoms in total. The predicted molar refractivity (Wildman–Crippen MR) is 90.0 cm³/mol. The lowest BCUT2D eigenvalue weighted by Gasteiger charge is -2.36. The molecule has 0 saturated carbocycles. The first-order chi connectivity index (χ1) is 10.7. The Kier molecular flexibility index (Phi) is 5.23. The van der Waals surface area contributed by atoms with Crippen LogP contribution in [0.5, 0.6) is 0 Å². The standard InChI is InChI=1S/C16H25N5S/c1-14-13-22-16(18-14)12-19(2)15-4-8-20(9-5-15)10-11-21-7-3-6-17-21/h3,6-7,13,15H,4-5,8-12H2,1-2H3. The Labute approximate surface area is 136 Å². The second-order valence-corrected chi connectivity index (χ2v) is 7.08. The fourth-order valence-corrected chi connectivity index (χ4v) is 3.91. The Balaban J connectivity index is 1.41. The van der Waals surface area contributed by atoms with Crippen molar-refractivity contribution < 1.29 is 0 Å². The van der Waals surface area contributed by atoms with Gasteiger partial charge in [-0.1, -0.05) is 0 Å². The minimum absolute atomic E-state index is 0.685. The highest BCUT2D eigenvalue weighted by Gasteiger charge is 2.22. The lowest BCUT2D eigenvalue weighted by atomic mass is 10.0. The summed E-state index contributed by atoms with van der Waals surface area (Å²) < 4.78 is 2.02. The Hall–Kier alpha value is -1.24. The third kappa shape index (κ3) is 4.15. The summed E-state index contributed by atoms with van der Waals surface area (Å²) in [4.78, 5) is 9.61. The average Bonchev–Trinajstić information content (AvgIpc) is 3.17. The summed E-state index contributed by atoms with van der Waals surface area (Å²) in [5, 5.41) is 7.65. The maximum atomic E-state index is 4.58. The molecule has 2 aromatic rings. The molecule has 0 bridgehead atoms. The molecule has 0 aliphatic carbocycles. The molecule has 0 aromatic carbocycles. The van der Waals surface area contributed by atoms with Crippen molar-refractivity contribution >= 4 is 11.3 Å². The van der Waals surface area contributed by atoms with E-state index in [-0.39, 0.29) is 0 Å². The van der Waals surface area contributed by atoms with Gasteiger partial charge in [-0.05, 0) is 46.0 Å². The fraction of sp³-hybridized carbons (Fsp3) is 0.625. The summed E-state index contributed by atoms with van der Waals surface area (Å²) in [6.07, 6.45) is 6.39. The van der Waals surface area contributed by atoms with Crippen LogP contribution in [0.25, 0.3) is 0 Å². The molecule has 0 N–H and O–H groups in total. The number of piperidine rings is 1. The van der Waals surface area contributed by atoms with Gasteiger partial charge in [-0.25, -0.2) is 4.98 Å². The van der Waals surface area contributed by atoms with Crippen molar-refractivity contribution in [3.63, 3.8) is 0 Å². The molecule has 1 saturated heterocycles. The third-order valence-electron chi connectivity index (χ3n) is 4.44. The van der Waals surface area contributed by atoms with E-state index in [1.54, 1.807) is 11.3 Å². The summed E-state index contributed by atoms with van der Waals surface area (Å²) >= 11 is 1.78. The van der Waals surface area contributed by atoms with Gasteiger partial charge in [0, 0.05) is 36.1 Å². The summed E-state index contributed by atoms with van der Waals surface area (Å²) in [6.45, 7) is 7.52. The maximum absolute atomic E-state index is 4.58. The summed E-state index contributed by atoms with van der Waals surface area (Å²) in [7, 11) is 2.24. The van der Waals surface area contributed by atoms with Gasteiger partial charge >= 0.3 is 0 Å². The zero-order valence-corrected chi connectivity index (χ0v) is 14.3. The fourth-order valence-electron chi connectivity index (χ4n) is 3.08. The van der Waals surface area contributed by atoms with E-state index >= 15 is 0 Å². The first-order valence-electron chi connectivity index (χ1n) is 8.02. The highest BCUT2D eigenvalue weighted by Crippen LogP contribution is 2.19. The van der Waals surface area contributed by atoms with Crippen LogP contribution in [0.3, 0.4) is 0 Å². The van der Waals surface area contributed by atoms with E-state index in [4.69, 9.17) is 0 Å². The molecular weight excluding hydrogens is 294 g/mol. The van der Waals surface area contributed by atoms with Gasteiger partial charge in [-0.3, -0.25) is 9.58 Å². The molecule has 1 aliphatic heterocycles. The first kappa shape index (κ1) is 15.6. The van der Waals surface area contributed by atoms with Crippen LogP contribution in [0.15, 0.2) is 23.8 Å². The van der Waals surface area contributed by atoms with Crippen molar-refractivity contribution in [1.29, 1.82) is 0 Å². The lowest BCUT2D eigenvalue weighted by Crippen LogP contribution is -2.43. The van der Waals surface area contributed by atoms with E-state index in [9.17, 15) is 0 Å². The largest absolute Gasteiger partial charge is 0.301 e. The van der Waals surface area contributed by atoms with Crippen molar-refractivity contribution in [2.45, 2.75) is 38.9 Å². The summed E-state index contributed by atoms with van der Waals surface area (Å²) in [5.74, 6) is 0. The van der Waals surface area contributed by atoms with Crippen LogP contribution in [-0.4, -0.2) is 57.3 Å². The molecule has 0 atom stereocenters. The molecule has 1 aliphatic rings. The Bertz CT molecular complexity index is 557. The van der Waals surface area contributed by atoms with Crippen molar-refractivity contribution in [3.8, 4) is 0 Å². The Morgan fingerprint density at radius 1 is 1.32 bits per heavy atom. The number of aryl methyl sites for hydroxylation is 1. The number of rotatable bonds is 6. The van der Waals surface area contributed by atoms with Crippen molar-refractivity contribution in [3.05, 3.63) is 34.5 Å². The van der Waals surface area contributed by atoms with Crippen LogP contribution < -0.4 is 0 Å². The summed E-state index contributed by atoms with van der Waals surface area (Å²) in [6, 6.07) is 2.67. The monoisotopic (exact) mass is 319 g/mol. The molecule has 2 aromatic heterocycles. The van der Waals surface area contributed by atoms with E-state index in [1.807, 2.05) is 23.1 Å². The third-order valence-corrected chi connectivity index (χ3v) is 5.39. The van der Waals surface area contributed by atoms with Gasteiger partial charge in [0.15, 0.2) is 0 Å². The number of hydrogen-bond acceptors (Lipinski definition) is 5. The van der Waals surface area contributed by atoms with Crippen molar-refractivity contribution in [1.82, 2.24) is 24.6 Å². The zero-order valence-electron chi connectivity index (χ0n) is 13.5. The van der Waals surface area contributed by atoms with Gasteiger partial charge in [-0.15, -0.1) is 11.3 Å². The number of likely N-dealkylation sites (tertiary alicyclic amines) is 1. The molecular formula is C16H25N5S. The smallest absolute Gasteiger partial charge is 0.107 e. The molecule has 0 unspecified atom stereocenters. The predicted octanol–water partition coefficient (Wildman–Crippen LogP) is 2.24. The second-order valence-electron chi connectivity index (χ2n) is 6.14. The minimum Gasteiger partial charge on any atom is -0.301 e. The number of thiazole rings is 1. The highest BCUT2D eigenvalue weighted by atomic mass is 32.1. The van der Waals surface area contributed by atoms with Crippen LogP contribution in [0.1, 0.15) is 23.5 Å². The quantitative estimate of drug-likeness (QED) is 0.818. The van der Waals surface area contributed by atoms with Gasteiger partial charge in [0.1, 0.15) is 5.01 Å². The van der Waals surface area contributed by atoms with E-state index in [0.29, 0.717) is 6.04 Å². The molecule has 0 radical (unpaired) electrons. The molecule has 3 heterocycles. The number of hydrogen-bond donors (Lipinski definition) is 0. The topological polar surface area (TPSA) is 37.2 Å². The average molecular weight is 319 g/mol. The lowest BCUT2D eigenvalue weighted by molar-refractivity contribution is 0.120. The molecule has 120 valence electrons. The van der Waals surface area contributed by atoms with Crippen molar-refractivity contribution in [2.24, 2.45) is 0 Å². The first-order valence-corrected chi connectivity index (χ1v) is 8.90. The zero-order chi connectivity index (χ0) is 15.4. The van der Waals surface area contributed by atoms with Crippen molar-refractivity contribution in [2.75, 3.05) is 26.7 Å². The summed E-state index contributed by atoms with van der Waals surface area (Å²) in [5.41, 5.74) is 1.14. The molecule has 1 fully saturated rings. The van der Waals surface area contributed by atoms with E-state index in [1.165, 1.54) is 30.9 Å². The molecule has 6 heteroatoms. The van der Waals surface area contributed by atoms with E-state index < -0.39 is 0 Å². The van der Waals surface area contributed by atoms with Gasteiger partial charge in [0.25, 0.3) is 0 Å². The SMILES string of the molecule is Cc1csc(CN(C)C2CCN(CCn3cccn3)CC2)n1. The Morgan fingerprint density at radius 2 is 2.14 bits per heavy atom. The molecule has 22 heavy (non-hydrogen) atoms. The second kappa shape index (κ2) is 7.35. The van der Waals surface area contributed by atoms with Crippen LogP contribution >= 0.6 is 11.3 Å². The molecule has 0 spiro atoms. The van der Waals surface area contributed by atoms with Crippen LogP contribution in [-0.2, 0) is 13.1 Å². The number of nitrogens with zero attached hydrogens (tertiary/aromatic N) is 5. The number of aromatic nitrogens is 3. The van der Waals surface area contributed by atoms with E-state index in [0.717, 1.165) is 25.3 Å². The van der Waals surface area contributed by atoms with Gasteiger partial charge in [0.05, 0.1) is 13.1 Å². The van der Waals surface area contributed by atoms with Crippen LogP contribution in [0, 0.1) is 6.92 Å². The van der Waals surface area contributed by atoms with Gasteiger partial charge in [-0.2, -0.15) is 5.10 Å². The van der Waals surface area contributed by atoms with Crippen LogP contribution in [0.4, 0.5) is 0 Å². The van der Waals surface area contributed by atoms with Gasteiger partial charge in [0.2, 0.25) is 0 Å². The van der Waals surface area contributed by atoms with E-state index in [2.05, 4.69) is 39.2 Å². The van der Waals surface area contributed by atoms with Gasteiger partial charge < -0.3 is 4.90 Å². The normalized spacial score (nSPS) is 17.4. The van der Waals surface area contributed by atoms with Crippen LogP contribution in [0.2, 0.25) is 0 Å². The molecule has 3 rings (SSSR count). The molecule has 0 amide bonds. The minimum atomic E-state index is 0.685. The maximum Gasteiger partial charge on any atom is 0.107 e. The highest BCUT2D eigenvalue weighted by molar-refractivity contribution is 7.09.